The van der Waals surface area contributed by atoms with Crippen LogP contribution in [0.25, 0.3) is 0 Å². The molecule has 1 aromatic rings. The maximum atomic E-state index is 6.12. The highest BCUT2D eigenvalue weighted by Crippen LogP contribution is 2.23. The molecule has 0 saturated heterocycles. The summed E-state index contributed by atoms with van der Waals surface area (Å²) in [6, 6.07) is 8.35. The van der Waals surface area contributed by atoms with Gasteiger partial charge in [0.05, 0.1) is 12.2 Å². The molecule has 2 heteroatoms. The van der Waals surface area contributed by atoms with Crippen molar-refractivity contribution >= 4 is 0 Å². The van der Waals surface area contributed by atoms with Crippen molar-refractivity contribution < 1.29 is 4.74 Å². The first-order chi connectivity index (χ1) is 9.19. The Morgan fingerprint density at radius 3 is 2.53 bits per heavy atom. The van der Waals surface area contributed by atoms with E-state index in [0.29, 0.717) is 6.54 Å². The number of benzene rings is 1. The summed E-state index contributed by atoms with van der Waals surface area (Å²) in [6.45, 7) is 7.06. The standard InChI is InChI=1S/C17H29NO/c1-4-5-6-7-11-15(3)19-17(13-18)16-12-9-8-10-14(16)2/h8-10,12,15,17H,4-7,11,13,18H2,1-3H3. The third kappa shape index (κ3) is 5.75. The van der Waals surface area contributed by atoms with Crippen LogP contribution < -0.4 is 5.73 Å². The predicted octanol–water partition coefficient (Wildman–Crippen LogP) is 4.37. The second kappa shape index (κ2) is 9.11. The Kier molecular flexibility index (Phi) is 7.76. The molecule has 0 heterocycles. The smallest absolute Gasteiger partial charge is 0.0953 e. The largest absolute Gasteiger partial charge is 0.369 e. The molecule has 0 fully saturated rings. The zero-order valence-corrected chi connectivity index (χ0v) is 12.7. The predicted molar refractivity (Wildman–Crippen MR) is 82.3 cm³/mol. The Balaban J connectivity index is 2.46. The Labute approximate surface area is 118 Å². The summed E-state index contributed by atoms with van der Waals surface area (Å²) in [5.41, 5.74) is 8.36. The molecule has 0 radical (unpaired) electrons. The summed E-state index contributed by atoms with van der Waals surface area (Å²) < 4.78 is 6.12. The van der Waals surface area contributed by atoms with E-state index in [-0.39, 0.29) is 12.2 Å². The van der Waals surface area contributed by atoms with E-state index in [0.717, 1.165) is 6.42 Å². The lowest BCUT2D eigenvalue weighted by molar-refractivity contribution is -0.00403. The van der Waals surface area contributed by atoms with Gasteiger partial charge < -0.3 is 10.5 Å². The molecule has 2 atom stereocenters. The molecule has 2 N–H and O–H groups in total. The first kappa shape index (κ1) is 16.2. The molecule has 2 nitrogen and oxygen atoms in total. The van der Waals surface area contributed by atoms with E-state index in [2.05, 4.69) is 45.0 Å². The van der Waals surface area contributed by atoms with Gasteiger partial charge in [0, 0.05) is 6.54 Å². The van der Waals surface area contributed by atoms with E-state index >= 15 is 0 Å². The summed E-state index contributed by atoms with van der Waals surface area (Å²) in [4.78, 5) is 0. The second-order valence-corrected chi connectivity index (χ2v) is 5.38. The van der Waals surface area contributed by atoms with Crippen molar-refractivity contribution in [3.05, 3.63) is 35.4 Å². The van der Waals surface area contributed by atoms with Crippen molar-refractivity contribution in [2.24, 2.45) is 5.73 Å². The summed E-state index contributed by atoms with van der Waals surface area (Å²) in [5.74, 6) is 0. The number of ether oxygens (including phenoxy) is 1. The van der Waals surface area contributed by atoms with Crippen LogP contribution in [0.2, 0.25) is 0 Å². The Morgan fingerprint density at radius 1 is 1.16 bits per heavy atom. The minimum Gasteiger partial charge on any atom is -0.369 e. The van der Waals surface area contributed by atoms with E-state index in [9.17, 15) is 0 Å². The van der Waals surface area contributed by atoms with Crippen LogP contribution in [0.5, 0.6) is 0 Å². The normalized spacial score (nSPS) is 14.3. The minimum absolute atomic E-state index is 0.0300. The summed E-state index contributed by atoms with van der Waals surface area (Å²) >= 11 is 0. The molecule has 0 bridgehead atoms. The zero-order chi connectivity index (χ0) is 14.1. The van der Waals surface area contributed by atoms with Crippen molar-refractivity contribution in [3.8, 4) is 0 Å². The van der Waals surface area contributed by atoms with Gasteiger partial charge in [-0.25, -0.2) is 0 Å². The molecule has 0 aliphatic rings. The summed E-state index contributed by atoms with van der Waals surface area (Å²) in [6.07, 6.45) is 6.60. The lowest BCUT2D eigenvalue weighted by Gasteiger charge is -2.23. The monoisotopic (exact) mass is 263 g/mol. The third-order valence-corrected chi connectivity index (χ3v) is 3.61. The fraction of sp³-hybridized carbons (Fsp3) is 0.647. The lowest BCUT2D eigenvalue weighted by atomic mass is 10.0. The molecular formula is C17H29NO. The molecule has 0 aromatic heterocycles. The third-order valence-electron chi connectivity index (χ3n) is 3.61. The molecule has 0 amide bonds. The van der Waals surface area contributed by atoms with E-state index in [1.54, 1.807) is 0 Å². The second-order valence-electron chi connectivity index (χ2n) is 5.38. The maximum absolute atomic E-state index is 6.12. The van der Waals surface area contributed by atoms with Crippen LogP contribution in [0.4, 0.5) is 0 Å². The number of hydrogen-bond donors (Lipinski definition) is 1. The van der Waals surface area contributed by atoms with Gasteiger partial charge in [0.2, 0.25) is 0 Å². The Hall–Kier alpha value is -0.860. The molecule has 0 saturated carbocycles. The van der Waals surface area contributed by atoms with Crippen LogP contribution in [-0.2, 0) is 4.74 Å². The van der Waals surface area contributed by atoms with Crippen LogP contribution in [0.15, 0.2) is 24.3 Å². The number of hydrogen-bond acceptors (Lipinski definition) is 2. The minimum atomic E-state index is 0.0300. The molecule has 19 heavy (non-hydrogen) atoms. The first-order valence-corrected chi connectivity index (χ1v) is 7.60. The molecule has 2 unspecified atom stereocenters. The lowest BCUT2D eigenvalue weighted by Crippen LogP contribution is -2.21. The van der Waals surface area contributed by atoms with Crippen molar-refractivity contribution in [2.75, 3.05) is 6.54 Å². The van der Waals surface area contributed by atoms with Crippen molar-refractivity contribution in [2.45, 2.75) is 65.1 Å². The average Bonchev–Trinajstić information content (AvgIpc) is 2.42. The molecule has 0 spiro atoms. The van der Waals surface area contributed by atoms with Crippen molar-refractivity contribution in [1.82, 2.24) is 0 Å². The SMILES string of the molecule is CCCCCCC(C)OC(CN)c1ccccc1C. The van der Waals surface area contributed by atoms with Gasteiger partial charge in [-0.1, -0.05) is 56.9 Å². The van der Waals surface area contributed by atoms with E-state index in [4.69, 9.17) is 10.5 Å². The van der Waals surface area contributed by atoms with Crippen molar-refractivity contribution in [3.63, 3.8) is 0 Å². The van der Waals surface area contributed by atoms with Gasteiger partial charge in [-0.05, 0) is 31.4 Å². The van der Waals surface area contributed by atoms with Gasteiger partial charge in [-0.3, -0.25) is 0 Å². The van der Waals surface area contributed by atoms with E-state index in [1.807, 2.05) is 0 Å². The Bertz CT molecular complexity index is 351. The van der Waals surface area contributed by atoms with Crippen LogP contribution >= 0.6 is 0 Å². The highest BCUT2D eigenvalue weighted by Gasteiger charge is 2.15. The van der Waals surface area contributed by atoms with Gasteiger partial charge in [0.15, 0.2) is 0 Å². The van der Waals surface area contributed by atoms with Crippen LogP contribution in [0.3, 0.4) is 0 Å². The van der Waals surface area contributed by atoms with Gasteiger partial charge in [0.25, 0.3) is 0 Å². The molecule has 0 aliphatic carbocycles. The summed E-state index contributed by atoms with van der Waals surface area (Å²) in [5, 5.41) is 0. The number of unbranched alkanes of at least 4 members (excludes halogenated alkanes) is 3. The molecule has 0 aliphatic heterocycles. The van der Waals surface area contributed by atoms with Crippen LogP contribution in [-0.4, -0.2) is 12.6 Å². The zero-order valence-electron chi connectivity index (χ0n) is 12.7. The number of aryl methyl sites for hydroxylation is 1. The summed E-state index contributed by atoms with van der Waals surface area (Å²) in [7, 11) is 0. The fourth-order valence-electron chi connectivity index (χ4n) is 2.41. The highest BCUT2D eigenvalue weighted by molar-refractivity contribution is 5.28. The maximum Gasteiger partial charge on any atom is 0.0953 e. The van der Waals surface area contributed by atoms with Crippen LogP contribution in [0.1, 0.15) is 63.2 Å². The van der Waals surface area contributed by atoms with E-state index in [1.165, 1.54) is 36.8 Å². The number of nitrogens with two attached hydrogens (primary N) is 1. The molecule has 1 aromatic carbocycles. The average molecular weight is 263 g/mol. The Morgan fingerprint density at radius 2 is 1.89 bits per heavy atom. The van der Waals surface area contributed by atoms with E-state index < -0.39 is 0 Å². The van der Waals surface area contributed by atoms with Gasteiger partial charge in [-0.15, -0.1) is 0 Å². The molecular weight excluding hydrogens is 234 g/mol. The van der Waals surface area contributed by atoms with Crippen LogP contribution in [0, 0.1) is 6.92 Å². The van der Waals surface area contributed by atoms with Gasteiger partial charge >= 0.3 is 0 Å². The van der Waals surface area contributed by atoms with Gasteiger partial charge in [-0.2, -0.15) is 0 Å². The molecule has 1 rings (SSSR count). The highest BCUT2D eigenvalue weighted by atomic mass is 16.5. The fourth-order valence-corrected chi connectivity index (χ4v) is 2.41. The quantitative estimate of drug-likeness (QED) is 0.671. The number of rotatable bonds is 9. The molecule has 108 valence electrons. The van der Waals surface area contributed by atoms with Gasteiger partial charge in [0.1, 0.15) is 0 Å². The first-order valence-electron chi connectivity index (χ1n) is 7.60. The van der Waals surface area contributed by atoms with Crippen molar-refractivity contribution in [1.29, 1.82) is 0 Å². The topological polar surface area (TPSA) is 35.2 Å².